The molecule has 2 aromatic rings. The van der Waals surface area contributed by atoms with Gasteiger partial charge in [-0.3, -0.25) is 24.4 Å². The highest BCUT2D eigenvalue weighted by Gasteiger charge is 2.47. The van der Waals surface area contributed by atoms with Crippen molar-refractivity contribution in [1.29, 1.82) is 0 Å². The van der Waals surface area contributed by atoms with E-state index in [4.69, 9.17) is 18.3 Å². The first-order chi connectivity index (χ1) is 25.8. The van der Waals surface area contributed by atoms with Gasteiger partial charge in [-0.15, -0.1) is 0 Å². The third-order valence-electron chi connectivity index (χ3n) is 10.3. The van der Waals surface area contributed by atoms with Crippen molar-refractivity contribution in [2.75, 3.05) is 18.1 Å². The summed E-state index contributed by atoms with van der Waals surface area (Å²) >= 11 is 0. The van der Waals surface area contributed by atoms with Crippen molar-refractivity contribution < 1.29 is 46.0 Å². The lowest BCUT2D eigenvalue weighted by atomic mass is 10.1. The highest BCUT2D eigenvalue weighted by atomic mass is 28.4. The monoisotopic (exact) mass is 839 g/mol. The average Bonchev–Trinajstić information content (AvgIpc) is 3.43. The SMILES string of the molecule is CC(C)(C)OC(=O)N(Cc1ccc(C#CCNC(=O)C(F)(F)F)cc1[N+](=O)[O-])c1ccn([C@H]2C[C@@H](O[Si](C)(C)C(C)(C)C)[C@@H](CO[Si](C)(C)C(C)(C)C)O2)c(=O)n1. The fourth-order valence-corrected chi connectivity index (χ4v) is 7.40. The minimum Gasteiger partial charge on any atom is -0.443 e. The van der Waals surface area contributed by atoms with Crippen LogP contribution in [-0.4, -0.2) is 80.2 Å². The second kappa shape index (κ2) is 17.4. The Bertz CT molecular complexity index is 1920. The summed E-state index contributed by atoms with van der Waals surface area (Å²) in [4.78, 5) is 55.0. The molecule has 19 heteroatoms. The summed E-state index contributed by atoms with van der Waals surface area (Å²) in [6, 6.07) is 5.18. The smallest absolute Gasteiger partial charge is 0.443 e. The lowest BCUT2D eigenvalue weighted by Gasteiger charge is -2.40. The van der Waals surface area contributed by atoms with Crippen molar-refractivity contribution in [2.24, 2.45) is 0 Å². The maximum absolute atomic E-state index is 13.8. The maximum Gasteiger partial charge on any atom is 0.471 e. The summed E-state index contributed by atoms with van der Waals surface area (Å²) in [5, 5.41) is 13.6. The number of ether oxygens (including phenoxy) is 2. The summed E-state index contributed by atoms with van der Waals surface area (Å²) < 4.78 is 64.2. The number of alkyl halides is 3. The Hall–Kier alpha value is -4.10. The van der Waals surface area contributed by atoms with Crippen LogP contribution in [0.4, 0.5) is 29.5 Å². The zero-order valence-corrected chi connectivity index (χ0v) is 37.0. The van der Waals surface area contributed by atoms with Crippen LogP contribution in [0.5, 0.6) is 0 Å². The number of carbonyl (C=O) groups excluding carboxylic acids is 2. The van der Waals surface area contributed by atoms with Crippen LogP contribution < -0.4 is 15.9 Å². The Morgan fingerprint density at radius 1 is 1.04 bits per heavy atom. The van der Waals surface area contributed by atoms with Gasteiger partial charge in [-0.05, 0) is 75.2 Å². The molecule has 2 heterocycles. The highest BCUT2D eigenvalue weighted by Crippen LogP contribution is 2.42. The second-order valence-corrected chi connectivity index (χ2v) is 27.5. The number of nitrogens with zero attached hydrogens (tertiary/aromatic N) is 4. The Kier molecular flexibility index (Phi) is 14.4. The standard InChI is InChI=1S/C38H56F3N5O9Si2/c1-35(2,3)54-34(49)45(23-26-17-16-25(21-27(26)46(50)51)15-14-19-42-32(47)38(39,40)41)30-18-20-44(33(48)43-30)31-22-28(55-57(12,13)37(7,8)9)29(53-31)24-52-56(10,11)36(4,5)6/h16-18,20-21,28-29,31H,19,22-24H2,1-13H3,(H,42,47)/t28-,29-,31-/m1/s1. The van der Waals surface area contributed by atoms with E-state index < -0.39 is 82.1 Å². The second-order valence-electron chi connectivity index (χ2n) is 18.0. The highest BCUT2D eigenvalue weighted by molar-refractivity contribution is 6.74. The Balaban J connectivity index is 1.97. The number of hydrogen-bond donors (Lipinski definition) is 1. The zero-order chi connectivity index (χ0) is 43.5. The van der Waals surface area contributed by atoms with E-state index in [1.54, 1.807) is 26.1 Å². The van der Waals surface area contributed by atoms with E-state index in [2.05, 4.69) is 84.6 Å². The number of nitro groups is 1. The van der Waals surface area contributed by atoms with E-state index in [0.717, 1.165) is 11.0 Å². The third kappa shape index (κ3) is 12.7. The summed E-state index contributed by atoms with van der Waals surface area (Å²) in [6.07, 6.45) is -5.86. The molecule has 14 nitrogen and oxygen atoms in total. The van der Waals surface area contributed by atoms with E-state index in [0.29, 0.717) is 6.42 Å². The molecule has 316 valence electrons. The molecule has 3 rings (SSSR count). The van der Waals surface area contributed by atoms with Gasteiger partial charge in [0.2, 0.25) is 0 Å². The number of anilines is 1. The third-order valence-corrected chi connectivity index (χ3v) is 19.3. The van der Waals surface area contributed by atoms with E-state index >= 15 is 0 Å². The lowest BCUT2D eigenvalue weighted by molar-refractivity contribution is -0.385. The van der Waals surface area contributed by atoms with Crippen LogP contribution in [0, 0.1) is 22.0 Å². The largest absolute Gasteiger partial charge is 0.471 e. The van der Waals surface area contributed by atoms with Crippen LogP contribution in [0.15, 0.2) is 35.3 Å². The van der Waals surface area contributed by atoms with Gasteiger partial charge in [-0.25, -0.2) is 9.59 Å². The number of hydrogen-bond acceptors (Lipinski definition) is 10. The van der Waals surface area contributed by atoms with Crippen LogP contribution in [-0.2, 0) is 29.7 Å². The molecule has 0 saturated carbocycles. The minimum absolute atomic E-state index is 0.0158. The Labute approximate surface area is 334 Å². The number of benzene rings is 1. The van der Waals surface area contributed by atoms with Crippen molar-refractivity contribution >= 4 is 40.1 Å². The van der Waals surface area contributed by atoms with Crippen molar-refractivity contribution in [3.05, 3.63) is 62.2 Å². The molecule has 1 aromatic carbocycles. The molecular weight excluding hydrogens is 784 g/mol. The first-order valence-corrected chi connectivity index (χ1v) is 24.3. The number of nitrogens with one attached hydrogen (secondary N) is 1. The van der Waals surface area contributed by atoms with Gasteiger partial charge in [0, 0.05) is 29.8 Å². The van der Waals surface area contributed by atoms with Crippen molar-refractivity contribution in [3.8, 4) is 11.8 Å². The molecule has 0 bridgehead atoms. The summed E-state index contributed by atoms with van der Waals surface area (Å²) in [5.74, 6) is 2.48. The molecule has 1 aromatic heterocycles. The van der Waals surface area contributed by atoms with E-state index in [1.165, 1.54) is 29.0 Å². The minimum atomic E-state index is -5.08. The first-order valence-electron chi connectivity index (χ1n) is 18.5. The number of aromatic nitrogens is 2. The van der Waals surface area contributed by atoms with Crippen molar-refractivity contribution in [1.82, 2.24) is 14.9 Å². The fraction of sp³-hybridized carbons (Fsp3) is 0.632. The van der Waals surface area contributed by atoms with Crippen LogP contribution in [0.25, 0.3) is 0 Å². The zero-order valence-electron chi connectivity index (χ0n) is 35.0. The predicted molar refractivity (Wildman–Crippen MR) is 214 cm³/mol. The molecule has 0 spiro atoms. The molecular formula is C38H56F3N5O9Si2. The summed E-state index contributed by atoms with van der Waals surface area (Å²) in [7, 11) is -4.46. The lowest BCUT2D eigenvalue weighted by Crippen LogP contribution is -2.48. The molecule has 0 radical (unpaired) electrons. The van der Waals surface area contributed by atoms with Gasteiger partial charge in [0.15, 0.2) is 16.6 Å². The Morgan fingerprint density at radius 2 is 1.65 bits per heavy atom. The molecule has 1 saturated heterocycles. The number of rotatable bonds is 11. The van der Waals surface area contributed by atoms with Gasteiger partial charge in [-0.2, -0.15) is 18.2 Å². The van der Waals surface area contributed by atoms with Crippen LogP contribution in [0.2, 0.25) is 36.3 Å². The average molecular weight is 840 g/mol. The van der Waals surface area contributed by atoms with Gasteiger partial charge in [-0.1, -0.05) is 53.4 Å². The van der Waals surface area contributed by atoms with Gasteiger partial charge >= 0.3 is 23.9 Å². The number of carbonyl (C=O) groups is 2. The maximum atomic E-state index is 13.8. The number of halogens is 3. The molecule has 1 aliphatic rings. The van der Waals surface area contributed by atoms with Crippen molar-refractivity contribution in [3.63, 3.8) is 0 Å². The van der Waals surface area contributed by atoms with Crippen molar-refractivity contribution in [2.45, 2.75) is 142 Å². The van der Waals surface area contributed by atoms with Gasteiger partial charge < -0.3 is 23.6 Å². The van der Waals surface area contributed by atoms with E-state index in [1.807, 2.05) is 0 Å². The molecule has 2 amide bonds. The number of amides is 2. The van der Waals surface area contributed by atoms with Gasteiger partial charge in [0.1, 0.15) is 23.8 Å². The van der Waals surface area contributed by atoms with E-state index in [-0.39, 0.29) is 39.7 Å². The Morgan fingerprint density at radius 3 is 2.18 bits per heavy atom. The number of nitro benzene ring substituents is 1. The van der Waals surface area contributed by atoms with Crippen LogP contribution >= 0.6 is 0 Å². The summed E-state index contributed by atoms with van der Waals surface area (Å²) in [6.45, 7) is 25.5. The normalized spacial score (nSPS) is 18.1. The molecule has 0 aliphatic carbocycles. The molecule has 1 aliphatic heterocycles. The molecule has 1 fully saturated rings. The molecule has 0 unspecified atom stereocenters. The topological polar surface area (TPSA) is 164 Å². The van der Waals surface area contributed by atoms with Crippen LogP contribution in [0.3, 0.4) is 0 Å². The van der Waals surface area contributed by atoms with Crippen LogP contribution in [0.1, 0.15) is 86.1 Å². The van der Waals surface area contributed by atoms with E-state index in [9.17, 15) is 37.7 Å². The van der Waals surface area contributed by atoms with Gasteiger partial charge in [0.25, 0.3) is 5.69 Å². The molecule has 57 heavy (non-hydrogen) atoms. The predicted octanol–water partition coefficient (Wildman–Crippen LogP) is 7.82. The quantitative estimate of drug-likeness (QED) is 0.102. The first kappa shape index (κ1) is 47.3. The molecule has 1 N–H and O–H groups in total. The fourth-order valence-electron chi connectivity index (χ4n) is 5.02. The molecule has 3 atom stereocenters. The van der Waals surface area contributed by atoms with Gasteiger partial charge in [0.05, 0.1) is 30.7 Å². The summed E-state index contributed by atoms with van der Waals surface area (Å²) in [5.41, 5.74) is -2.13.